The molecule has 1 atom stereocenters. The topological polar surface area (TPSA) is 84.9 Å². The number of hydrogen-bond acceptors (Lipinski definition) is 5. The Hall–Kier alpha value is -2.34. The van der Waals surface area contributed by atoms with Crippen molar-refractivity contribution in [3.8, 4) is 5.75 Å². The van der Waals surface area contributed by atoms with E-state index in [1.165, 1.54) is 13.2 Å². The number of methoxy groups -OCH3 is 2. The lowest BCUT2D eigenvalue weighted by Crippen LogP contribution is -2.43. The molecule has 1 aromatic rings. The molecule has 0 aliphatic rings. The Bertz CT molecular complexity index is 481. The normalized spacial score (nSPS) is 11.9. The molecule has 0 spiro atoms. The lowest BCUT2D eigenvalue weighted by Gasteiger charge is -2.11. The summed E-state index contributed by atoms with van der Waals surface area (Å²) >= 11 is 0. The van der Waals surface area contributed by atoms with Gasteiger partial charge in [0.2, 0.25) is 5.91 Å². The zero-order valence-corrected chi connectivity index (χ0v) is 11.3. The third-order valence-electron chi connectivity index (χ3n) is 2.53. The van der Waals surface area contributed by atoms with Gasteiger partial charge in [-0.05, 0) is 23.8 Å². The molecule has 0 aromatic heterocycles. The zero-order valence-electron chi connectivity index (χ0n) is 11.3. The van der Waals surface area contributed by atoms with Crippen LogP contribution in [0.2, 0.25) is 0 Å². The van der Waals surface area contributed by atoms with Gasteiger partial charge in [0.15, 0.2) is 6.04 Å². The van der Waals surface area contributed by atoms with Crippen molar-refractivity contribution in [2.24, 2.45) is 0 Å². The van der Waals surface area contributed by atoms with E-state index in [-0.39, 0.29) is 0 Å². The second kappa shape index (κ2) is 7.96. The molecule has 1 rings (SSSR count). The molecule has 0 bridgehead atoms. The number of hydrogen-bond donors (Lipinski definition) is 2. The van der Waals surface area contributed by atoms with Crippen LogP contribution in [0, 0.1) is 0 Å². The van der Waals surface area contributed by atoms with Gasteiger partial charge < -0.3 is 19.9 Å². The van der Waals surface area contributed by atoms with Gasteiger partial charge in [0, 0.05) is 6.08 Å². The predicted molar refractivity (Wildman–Crippen MR) is 73.1 cm³/mol. The average molecular weight is 279 g/mol. The summed E-state index contributed by atoms with van der Waals surface area (Å²) in [5.74, 6) is -0.471. The SMILES string of the molecule is COC(=O)[C@H](CO)NC(=O)/C=C/c1ccc(OC)cc1. The fourth-order valence-electron chi connectivity index (χ4n) is 1.43. The van der Waals surface area contributed by atoms with Crippen molar-refractivity contribution in [3.63, 3.8) is 0 Å². The van der Waals surface area contributed by atoms with E-state index in [9.17, 15) is 9.59 Å². The van der Waals surface area contributed by atoms with Crippen LogP contribution in [0.4, 0.5) is 0 Å². The van der Waals surface area contributed by atoms with Crippen molar-refractivity contribution < 1.29 is 24.2 Å². The number of aliphatic hydroxyl groups is 1. The molecule has 6 heteroatoms. The van der Waals surface area contributed by atoms with Crippen molar-refractivity contribution in [2.75, 3.05) is 20.8 Å². The highest BCUT2D eigenvalue weighted by Gasteiger charge is 2.18. The maximum absolute atomic E-state index is 11.6. The highest BCUT2D eigenvalue weighted by atomic mass is 16.5. The summed E-state index contributed by atoms with van der Waals surface area (Å²) < 4.78 is 9.46. The van der Waals surface area contributed by atoms with E-state index in [4.69, 9.17) is 9.84 Å². The smallest absolute Gasteiger partial charge is 0.330 e. The molecule has 0 radical (unpaired) electrons. The minimum atomic E-state index is -1.06. The Morgan fingerprint density at radius 2 is 1.95 bits per heavy atom. The molecule has 0 fully saturated rings. The maximum atomic E-state index is 11.6. The number of ether oxygens (including phenoxy) is 2. The molecule has 108 valence electrons. The Morgan fingerprint density at radius 1 is 1.30 bits per heavy atom. The Morgan fingerprint density at radius 3 is 2.45 bits per heavy atom. The van der Waals surface area contributed by atoms with Crippen molar-refractivity contribution in [1.82, 2.24) is 5.32 Å². The summed E-state index contributed by atoms with van der Waals surface area (Å²) in [6, 6.07) is 6.04. The third-order valence-corrected chi connectivity index (χ3v) is 2.53. The lowest BCUT2D eigenvalue weighted by molar-refractivity contribution is -0.145. The molecular formula is C14H17NO5. The van der Waals surface area contributed by atoms with E-state index in [1.54, 1.807) is 37.5 Å². The third kappa shape index (κ3) is 4.74. The number of rotatable bonds is 6. The number of carbonyl (C=O) groups is 2. The van der Waals surface area contributed by atoms with Crippen molar-refractivity contribution >= 4 is 18.0 Å². The van der Waals surface area contributed by atoms with Gasteiger partial charge in [0.05, 0.1) is 20.8 Å². The van der Waals surface area contributed by atoms with Gasteiger partial charge in [-0.2, -0.15) is 0 Å². The highest BCUT2D eigenvalue weighted by Crippen LogP contribution is 2.12. The standard InChI is InChI=1S/C14H17NO5/c1-19-11-6-3-10(4-7-11)5-8-13(17)15-12(9-16)14(18)20-2/h3-8,12,16H,9H2,1-2H3,(H,15,17)/b8-5+/t12-/m0/s1. The van der Waals surface area contributed by atoms with Crippen LogP contribution in [0.3, 0.4) is 0 Å². The first kappa shape index (κ1) is 15.7. The molecule has 20 heavy (non-hydrogen) atoms. The van der Waals surface area contributed by atoms with E-state index in [1.807, 2.05) is 0 Å². The summed E-state index contributed by atoms with van der Waals surface area (Å²) in [5.41, 5.74) is 0.805. The zero-order chi connectivity index (χ0) is 15.0. The quantitative estimate of drug-likeness (QED) is 0.580. The minimum Gasteiger partial charge on any atom is -0.497 e. The molecule has 1 amide bonds. The van der Waals surface area contributed by atoms with Gasteiger partial charge in [-0.1, -0.05) is 12.1 Å². The summed E-state index contributed by atoms with van der Waals surface area (Å²) in [6.45, 7) is -0.519. The van der Waals surface area contributed by atoms with E-state index < -0.39 is 24.5 Å². The summed E-state index contributed by atoms with van der Waals surface area (Å²) in [7, 11) is 2.75. The van der Waals surface area contributed by atoms with Gasteiger partial charge in [0.1, 0.15) is 5.75 Å². The second-order valence-corrected chi connectivity index (χ2v) is 3.87. The van der Waals surface area contributed by atoms with E-state index in [0.29, 0.717) is 0 Å². The van der Waals surface area contributed by atoms with Crippen molar-refractivity contribution in [3.05, 3.63) is 35.9 Å². The second-order valence-electron chi connectivity index (χ2n) is 3.87. The van der Waals surface area contributed by atoms with E-state index in [0.717, 1.165) is 11.3 Å². The average Bonchev–Trinajstić information content (AvgIpc) is 2.50. The minimum absolute atomic E-state index is 0.495. The van der Waals surface area contributed by atoms with Crippen LogP contribution in [0.15, 0.2) is 30.3 Å². The van der Waals surface area contributed by atoms with Crippen LogP contribution < -0.4 is 10.1 Å². The first-order valence-corrected chi connectivity index (χ1v) is 5.92. The van der Waals surface area contributed by atoms with E-state index >= 15 is 0 Å². The molecule has 0 saturated heterocycles. The molecule has 0 heterocycles. The van der Waals surface area contributed by atoms with Crippen LogP contribution >= 0.6 is 0 Å². The molecule has 6 nitrogen and oxygen atoms in total. The Labute approximate surface area is 117 Å². The summed E-state index contributed by atoms with van der Waals surface area (Å²) in [5, 5.41) is 11.3. The molecule has 2 N–H and O–H groups in total. The predicted octanol–water partition coefficient (Wildman–Crippen LogP) is 0.358. The fraction of sp³-hybridized carbons (Fsp3) is 0.286. The largest absolute Gasteiger partial charge is 0.497 e. The number of benzene rings is 1. The number of nitrogens with one attached hydrogen (secondary N) is 1. The van der Waals surface area contributed by atoms with Crippen LogP contribution in [0.1, 0.15) is 5.56 Å². The van der Waals surface area contributed by atoms with Crippen molar-refractivity contribution in [2.45, 2.75) is 6.04 Å². The monoisotopic (exact) mass is 279 g/mol. The number of amides is 1. The molecule has 0 aliphatic heterocycles. The van der Waals surface area contributed by atoms with Gasteiger partial charge in [-0.15, -0.1) is 0 Å². The molecule has 0 unspecified atom stereocenters. The summed E-state index contributed by atoms with van der Waals surface area (Å²) in [6.07, 6.45) is 2.86. The fourth-order valence-corrected chi connectivity index (χ4v) is 1.43. The molecule has 0 aliphatic carbocycles. The first-order valence-electron chi connectivity index (χ1n) is 5.92. The van der Waals surface area contributed by atoms with Gasteiger partial charge >= 0.3 is 5.97 Å². The van der Waals surface area contributed by atoms with Crippen LogP contribution in [0.25, 0.3) is 6.08 Å². The molecule has 0 saturated carbocycles. The van der Waals surface area contributed by atoms with Crippen LogP contribution in [-0.4, -0.2) is 43.9 Å². The number of aliphatic hydroxyl groups excluding tert-OH is 1. The highest BCUT2D eigenvalue weighted by molar-refractivity contribution is 5.94. The summed E-state index contributed by atoms with van der Waals surface area (Å²) in [4.78, 5) is 22.8. The van der Waals surface area contributed by atoms with E-state index in [2.05, 4.69) is 10.1 Å². The Kier molecular flexibility index (Phi) is 6.25. The van der Waals surface area contributed by atoms with Gasteiger partial charge in [-0.25, -0.2) is 4.79 Å². The number of carbonyl (C=O) groups excluding carboxylic acids is 2. The van der Waals surface area contributed by atoms with Crippen molar-refractivity contribution in [1.29, 1.82) is 0 Å². The molecule has 1 aromatic carbocycles. The number of esters is 1. The maximum Gasteiger partial charge on any atom is 0.330 e. The lowest BCUT2D eigenvalue weighted by atomic mass is 10.2. The first-order chi connectivity index (χ1) is 9.60. The molecular weight excluding hydrogens is 262 g/mol. The van der Waals surface area contributed by atoms with Crippen LogP contribution in [0.5, 0.6) is 5.75 Å². The van der Waals surface area contributed by atoms with Gasteiger partial charge in [0.25, 0.3) is 0 Å². The Balaban J connectivity index is 2.60. The van der Waals surface area contributed by atoms with Crippen LogP contribution in [-0.2, 0) is 14.3 Å². The van der Waals surface area contributed by atoms with Gasteiger partial charge in [-0.3, -0.25) is 4.79 Å².